The lowest BCUT2D eigenvalue weighted by Gasteiger charge is -2.11. The van der Waals surface area contributed by atoms with Crippen LogP contribution in [0.3, 0.4) is 0 Å². The maximum Gasteiger partial charge on any atom is 0.341 e. The van der Waals surface area contributed by atoms with Crippen molar-refractivity contribution in [3.05, 3.63) is 59.0 Å². The number of rotatable bonds is 6. The molecule has 0 unspecified atom stereocenters. The van der Waals surface area contributed by atoms with Crippen molar-refractivity contribution in [1.29, 1.82) is 0 Å². The molecule has 0 saturated carbocycles. The number of aromatic hydroxyl groups is 1. The van der Waals surface area contributed by atoms with Crippen LogP contribution >= 0.6 is 11.8 Å². The predicted octanol–water partition coefficient (Wildman–Crippen LogP) is 3.48. The Balaban J connectivity index is 1.79. The summed E-state index contributed by atoms with van der Waals surface area (Å²) in [5, 5.41) is 18.6. The minimum absolute atomic E-state index is 0.128. The van der Waals surface area contributed by atoms with Crippen LogP contribution in [0.4, 0.5) is 5.69 Å². The molecule has 1 saturated heterocycles. The van der Waals surface area contributed by atoms with Crippen LogP contribution in [0.15, 0.2) is 58.4 Å². The number of amides is 1. The molecule has 1 fully saturated rings. The third kappa shape index (κ3) is 4.72. The van der Waals surface area contributed by atoms with Gasteiger partial charge >= 0.3 is 5.97 Å². The molecule has 7 nitrogen and oxygen atoms in total. The predicted molar refractivity (Wildman–Crippen MR) is 108 cm³/mol. The number of ether oxygens (including phenoxy) is 1. The Labute approximate surface area is 166 Å². The van der Waals surface area contributed by atoms with E-state index >= 15 is 0 Å². The van der Waals surface area contributed by atoms with Crippen molar-refractivity contribution < 1.29 is 24.5 Å². The Hall–Kier alpha value is -3.26. The second-order valence-electron chi connectivity index (χ2n) is 5.82. The summed E-state index contributed by atoms with van der Waals surface area (Å²) < 4.78 is 5.10. The van der Waals surface area contributed by atoms with Crippen molar-refractivity contribution in [2.45, 2.75) is 6.92 Å². The largest absolute Gasteiger partial charge is 0.508 e. The van der Waals surface area contributed by atoms with Crippen LogP contribution in [0.2, 0.25) is 0 Å². The number of carboxylic acids is 1. The number of phenolic OH excluding ortho intramolecular Hbond substituents is 1. The Kier molecular flexibility index (Phi) is 6.00. The molecule has 0 bridgehead atoms. The Morgan fingerprint density at radius 2 is 1.86 bits per heavy atom. The minimum Gasteiger partial charge on any atom is -0.508 e. The van der Waals surface area contributed by atoms with E-state index in [9.17, 15) is 14.7 Å². The number of amidine groups is 1. The highest BCUT2D eigenvalue weighted by molar-refractivity contribution is 8.18. The van der Waals surface area contributed by atoms with Crippen LogP contribution in [0.25, 0.3) is 6.08 Å². The number of aliphatic carboxylic acids is 1. The van der Waals surface area contributed by atoms with E-state index < -0.39 is 12.6 Å². The number of hydrogen-bond donors (Lipinski definition) is 2. The maximum atomic E-state index is 12.7. The number of benzene rings is 2. The smallest absolute Gasteiger partial charge is 0.341 e. The summed E-state index contributed by atoms with van der Waals surface area (Å²) in [5.41, 5.74) is 1.44. The topological polar surface area (TPSA) is 99.4 Å². The van der Waals surface area contributed by atoms with E-state index in [1.807, 2.05) is 6.92 Å². The van der Waals surface area contributed by atoms with Crippen LogP contribution in [0.5, 0.6) is 11.5 Å². The minimum atomic E-state index is -1.04. The van der Waals surface area contributed by atoms with E-state index in [4.69, 9.17) is 9.84 Å². The van der Waals surface area contributed by atoms with Gasteiger partial charge in [0.15, 0.2) is 11.8 Å². The first kappa shape index (κ1) is 19.5. The number of hydrogen-bond acceptors (Lipinski definition) is 6. The molecule has 144 valence electrons. The Morgan fingerprint density at radius 3 is 2.46 bits per heavy atom. The molecule has 1 aliphatic heterocycles. The first-order valence-corrected chi connectivity index (χ1v) is 9.31. The van der Waals surface area contributed by atoms with Gasteiger partial charge in [0, 0.05) is 6.54 Å². The number of thioether (sulfide) groups is 1. The van der Waals surface area contributed by atoms with Gasteiger partial charge in [-0.05, 0) is 66.7 Å². The fourth-order valence-electron chi connectivity index (χ4n) is 2.46. The summed E-state index contributed by atoms with van der Waals surface area (Å²) in [7, 11) is 0. The standard InChI is InChI=1S/C20H18N2O5S/c1-2-22-19(26)17(28-20(22)21-14-5-7-15(23)8-6-14)11-13-3-9-16(10-4-13)27-12-18(24)25/h3-11,23H,2,12H2,1H3,(H,24,25)/b17-11-,21-20?. The molecule has 0 atom stereocenters. The van der Waals surface area contributed by atoms with Gasteiger partial charge in [-0.1, -0.05) is 12.1 Å². The van der Waals surface area contributed by atoms with Crippen LogP contribution in [0, 0.1) is 0 Å². The summed E-state index contributed by atoms with van der Waals surface area (Å²) in [6.45, 7) is 1.96. The molecule has 1 heterocycles. The molecule has 8 heteroatoms. The van der Waals surface area contributed by atoms with Gasteiger partial charge in [0.25, 0.3) is 5.91 Å². The van der Waals surface area contributed by atoms with Crippen LogP contribution < -0.4 is 4.74 Å². The van der Waals surface area contributed by atoms with Gasteiger partial charge in [0.05, 0.1) is 10.6 Å². The second kappa shape index (κ2) is 8.62. The highest BCUT2D eigenvalue weighted by Crippen LogP contribution is 2.34. The summed E-state index contributed by atoms with van der Waals surface area (Å²) in [5.74, 6) is -0.571. The number of carbonyl (C=O) groups excluding carboxylic acids is 1. The molecule has 28 heavy (non-hydrogen) atoms. The zero-order chi connectivity index (χ0) is 20.1. The van der Waals surface area contributed by atoms with Crippen molar-refractivity contribution in [1.82, 2.24) is 4.90 Å². The summed E-state index contributed by atoms with van der Waals surface area (Å²) in [6.07, 6.45) is 1.76. The zero-order valence-electron chi connectivity index (χ0n) is 15.0. The first-order chi connectivity index (χ1) is 13.5. The van der Waals surface area contributed by atoms with Gasteiger partial charge in [0.2, 0.25) is 0 Å². The summed E-state index contributed by atoms with van der Waals surface area (Å²) in [6, 6.07) is 13.3. The normalized spacial score (nSPS) is 16.8. The lowest BCUT2D eigenvalue weighted by Crippen LogP contribution is -2.28. The van der Waals surface area contributed by atoms with E-state index in [1.165, 1.54) is 11.8 Å². The van der Waals surface area contributed by atoms with Gasteiger partial charge in [-0.15, -0.1) is 0 Å². The molecule has 0 aliphatic carbocycles. The third-order valence-electron chi connectivity index (χ3n) is 3.82. The molecule has 0 spiro atoms. The second-order valence-corrected chi connectivity index (χ2v) is 6.83. The molecule has 2 N–H and O–H groups in total. The highest BCUT2D eigenvalue weighted by Gasteiger charge is 2.32. The summed E-state index contributed by atoms with van der Waals surface area (Å²) >= 11 is 1.28. The zero-order valence-corrected chi connectivity index (χ0v) is 15.8. The fourth-order valence-corrected chi connectivity index (χ4v) is 3.53. The van der Waals surface area contributed by atoms with Crippen molar-refractivity contribution in [3.63, 3.8) is 0 Å². The van der Waals surface area contributed by atoms with Crippen molar-refractivity contribution in [2.75, 3.05) is 13.2 Å². The van der Waals surface area contributed by atoms with E-state index in [-0.39, 0.29) is 11.7 Å². The number of likely N-dealkylation sites (N-methyl/N-ethyl adjacent to an activating group) is 1. The Bertz CT molecular complexity index is 936. The molecule has 2 aromatic carbocycles. The Morgan fingerprint density at radius 1 is 1.18 bits per heavy atom. The first-order valence-electron chi connectivity index (χ1n) is 8.50. The van der Waals surface area contributed by atoms with Crippen LogP contribution in [0.1, 0.15) is 12.5 Å². The quantitative estimate of drug-likeness (QED) is 0.723. The van der Waals surface area contributed by atoms with E-state index in [2.05, 4.69) is 4.99 Å². The van der Waals surface area contributed by atoms with Gasteiger partial charge in [-0.3, -0.25) is 9.69 Å². The lowest BCUT2D eigenvalue weighted by molar-refractivity contribution is -0.139. The maximum absolute atomic E-state index is 12.7. The molecule has 0 aromatic heterocycles. The van der Waals surface area contributed by atoms with Gasteiger partial charge in [0.1, 0.15) is 11.5 Å². The van der Waals surface area contributed by atoms with Crippen molar-refractivity contribution >= 4 is 40.6 Å². The summed E-state index contributed by atoms with van der Waals surface area (Å²) in [4.78, 5) is 29.8. The van der Waals surface area contributed by atoms with Gasteiger partial charge in [-0.2, -0.15) is 0 Å². The highest BCUT2D eigenvalue weighted by atomic mass is 32.2. The van der Waals surface area contributed by atoms with Gasteiger partial charge in [-0.25, -0.2) is 9.79 Å². The molecular weight excluding hydrogens is 380 g/mol. The number of phenols is 1. The van der Waals surface area contributed by atoms with Crippen molar-refractivity contribution in [3.8, 4) is 11.5 Å². The third-order valence-corrected chi connectivity index (χ3v) is 4.83. The van der Waals surface area contributed by atoms with Crippen molar-refractivity contribution in [2.24, 2.45) is 4.99 Å². The van der Waals surface area contributed by atoms with Gasteiger partial charge < -0.3 is 14.9 Å². The van der Waals surface area contributed by atoms with Crippen LogP contribution in [-0.2, 0) is 9.59 Å². The average Bonchev–Trinajstić information content (AvgIpc) is 2.97. The van der Waals surface area contributed by atoms with E-state index in [0.717, 1.165) is 5.56 Å². The number of aliphatic imine (C=N–C) groups is 1. The fraction of sp³-hybridized carbons (Fsp3) is 0.150. The molecular formula is C20H18N2O5S. The molecule has 3 rings (SSSR count). The van der Waals surface area contributed by atoms with E-state index in [1.54, 1.807) is 59.5 Å². The van der Waals surface area contributed by atoms with Crippen LogP contribution in [-0.4, -0.2) is 45.3 Å². The number of nitrogens with zero attached hydrogens (tertiary/aromatic N) is 2. The average molecular weight is 398 g/mol. The molecule has 1 aliphatic rings. The number of carbonyl (C=O) groups is 2. The van der Waals surface area contributed by atoms with E-state index in [0.29, 0.717) is 28.1 Å². The monoisotopic (exact) mass is 398 g/mol. The SMILES string of the molecule is CCN1C(=O)/C(=C/c2ccc(OCC(=O)O)cc2)SC1=Nc1ccc(O)cc1. The number of carboxylic acid groups (broad SMARTS) is 1. The molecule has 1 amide bonds. The molecule has 2 aromatic rings. The molecule has 0 radical (unpaired) electrons. The lowest BCUT2D eigenvalue weighted by atomic mass is 10.2.